The molecule has 1 aromatic heterocycles. The summed E-state index contributed by atoms with van der Waals surface area (Å²) in [6.07, 6.45) is -3.98. The quantitative estimate of drug-likeness (QED) is 0.287. The Bertz CT molecular complexity index is 999. The predicted octanol–water partition coefficient (Wildman–Crippen LogP) is 4.43. The highest BCUT2D eigenvalue weighted by atomic mass is 32.2. The van der Waals surface area contributed by atoms with Crippen LogP contribution >= 0.6 is 12.6 Å². The number of hydrogen-bond acceptors (Lipinski definition) is 6. The van der Waals surface area contributed by atoms with Gasteiger partial charge in [-0.1, -0.05) is 6.07 Å². The highest BCUT2D eigenvalue weighted by molar-refractivity contribution is 7.96. The molecule has 33 heavy (non-hydrogen) atoms. The topological polar surface area (TPSA) is 93.6 Å². The second-order valence-corrected chi connectivity index (χ2v) is 10.1. The number of allylic oxidation sites excluding steroid dienone is 2. The molecule has 0 unspecified atom stereocenters. The molecule has 1 fully saturated rings. The normalized spacial score (nSPS) is 17.9. The molecule has 13 heteroatoms. The van der Waals surface area contributed by atoms with Crippen LogP contribution in [0.5, 0.6) is 0 Å². The van der Waals surface area contributed by atoms with Gasteiger partial charge in [0.1, 0.15) is 0 Å². The third-order valence-electron chi connectivity index (χ3n) is 5.20. The molecule has 2 heterocycles. The summed E-state index contributed by atoms with van der Waals surface area (Å²) >= 11 is 4.20. The standard InChI is InChI=1S/C20H22F5NO5S2/c21-19(22,20(23,24)25)7-1-3-14-5-6-15(26-13-14)16(32)4-2-12-33(29,30)18(17(27)28)8-10-31-11-9-18/h2,4-6,12-13,32H,1,3,7-11H2,(H,27,28)/b12-2+,16-4-. The maximum absolute atomic E-state index is 12.9. The molecule has 2 rings (SSSR count). The zero-order chi connectivity index (χ0) is 24.9. The highest BCUT2D eigenvalue weighted by Crippen LogP contribution is 2.39. The van der Waals surface area contributed by atoms with Crippen LogP contribution in [0.4, 0.5) is 22.0 Å². The number of alkyl halides is 5. The largest absolute Gasteiger partial charge is 0.480 e. The number of aliphatic carboxylic acids is 1. The van der Waals surface area contributed by atoms with Crippen LogP contribution in [0.1, 0.15) is 36.9 Å². The lowest BCUT2D eigenvalue weighted by molar-refractivity contribution is -0.284. The molecule has 0 aliphatic carbocycles. The number of nitrogens with zero attached hydrogens (tertiary/aromatic N) is 1. The van der Waals surface area contributed by atoms with E-state index in [9.17, 15) is 40.3 Å². The number of aryl methyl sites for hydroxylation is 1. The minimum absolute atomic E-state index is 0.0111. The Morgan fingerprint density at radius 3 is 2.36 bits per heavy atom. The Morgan fingerprint density at radius 1 is 1.21 bits per heavy atom. The maximum atomic E-state index is 12.9. The first kappa shape index (κ1) is 27.3. The van der Waals surface area contributed by atoms with Crippen molar-refractivity contribution in [3.63, 3.8) is 0 Å². The van der Waals surface area contributed by atoms with E-state index in [1.807, 2.05) is 0 Å². The summed E-state index contributed by atoms with van der Waals surface area (Å²) in [5, 5.41) is 10.3. The summed E-state index contributed by atoms with van der Waals surface area (Å²) in [7, 11) is -4.16. The number of ether oxygens (including phenoxy) is 1. The van der Waals surface area contributed by atoms with Crippen molar-refractivity contribution >= 4 is 33.3 Å². The molecule has 0 amide bonds. The van der Waals surface area contributed by atoms with Gasteiger partial charge < -0.3 is 9.84 Å². The minimum Gasteiger partial charge on any atom is -0.480 e. The molecule has 1 aromatic rings. The van der Waals surface area contributed by atoms with Gasteiger partial charge in [-0.05, 0) is 36.6 Å². The lowest BCUT2D eigenvalue weighted by Gasteiger charge is -2.31. The molecule has 1 aliphatic rings. The Kier molecular flexibility index (Phi) is 8.68. The van der Waals surface area contributed by atoms with Crippen molar-refractivity contribution in [1.29, 1.82) is 0 Å². The van der Waals surface area contributed by atoms with Crippen molar-refractivity contribution in [1.82, 2.24) is 4.98 Å². The summed E-state index contributed by atoms with van der Waals surface area (Å²) in [5.41, 5.74) is 0.739. The Labute approximate surface area is 192 Å². The summed E-state index contributed by atoms with van der Waals surface area (Å²) in [4.78, 5) is 15.9. The summed E-state index contributed by atoms with van der Waals surface area (Å²) in [5.74, 6) is -6.20. The number of halogens is 5. The molecular formula is C20H22F5NO5S2. The van der Waals surface area contributed by atoms with Gasteiger partial charge in [-0.3, -0.25) is 9.78 Å². The first-order chi connectivity index (χ1) is 15.2. The van der Waals surface area contributed by atoms with Gasteiger partial charge >= 0.3 is 18.1 Å². The van der Waals surface area contributed by atoms with Crippen LogP contribution in [0.25, 0.3) is 4.91 Å². The third-order valence-corrected chi connectivity index (χ3v) is 7.77. The van der Waals surface area contributed by atoms with Crippen molar-refractivity contribution < 1.29 is 45.0 Å². The van der Waals surface area contributed by atoms with E-state index >= 15 is 0 Å². The Balaban J connectivity index is 2.03. The Morgan fingerprint density at radius 2 is 1.85 bits per heavy atom. The molecule has 0 radical (unpaired) electrons. The summed E-state index contributed by atoms with van der Waals surface area (Å²) in [6, 6.07) is 2.94. The van der Waals surface area contributed by atoms with Crippen molar-refractivity contribution in [3.05, 3.63) is 47.1 Å². The highest BCUT2D eigenvalue weighted by Gasteiger charge is 2.56. The molecule has 0 spiro atoms. The fourth-order valence-corrected chi connectivity index (χ4v) is 4.89. The number of pyridine rings is 1. The van der Waals surface area contributed by atoms with Crippen molar-refractivity contribution in [2.45, 2.75) is 48.9 Å². The fraction of sp³-hybridized carbons (Fsp3) is 0.500. The molecule has 1 aliphatic heterocycles. The number of aromatic nitrogens is 1. The number of sulfone groups is 1. The lowest BCUT2D eigenvalue weighted by Crippen LogP contribution is -2.49. The second-order valence-electron chi connectivity index (χ2n) is 7.44. The van der Waals surface area contributed by atoms with Crippen LogP contribution < -0.4 is 0 Å². The van der Waals surface area contributed by atoms with E-state index in [0.29, 0.717) is 11.3 Å². The smallest absolute Gasteiger partial charge is 0.453 e. The number of thiol groups is 1. The second kappa shape index (κ2) is 10.5. The van der Waals surface area contributed by atoms with Gasteiger partial charge in [-0.2, -0.15) is 22.0 Å². The van der Waals surface area contributed by atoms with Gasteiger partial charge in [-0.15, -0.1) is 12.6 Å². The third kappa shape index (κ3) is 6.54. The predicted molar refractivity (Wildman–Crippen MR) is 114 cm³/mol. The van der Waals surface area contributed by atoms with E-state index in [4.69, 9.17) is 4.74 Å². The fourth-order valence-electron chi connectivity index (χ4n) is 3.15. The summed E-state index contributed by atoms with van der Waals surface area (Å²) < 4.78 is 90.8. The molecule has 1 saturated heterocycles. The van der Waals surface area contributed by atoms with Crippen molar-refractivity contribution in [2.75, 3.05) is 13.2 Å². The SMILES string of the molecule is O=C(O)C1(S(=O)(=O)/C=C/C=C(\S)c2ccc(CCCC(F)(F)C(F)(F)F)cn2)CCOCC1. The van der Waals surface area contributed by atoms with Gasteiger partial charge in [0.05, 0.1) is 5.69 Å². The van der Waals surface area contributed by atoms with Gasteiger partial charge in [0.15, 0.2) is 14.6 Å². The van der Waals surface area contributed by atoms with Crippen molar-refractivity contribution in [3.8, 4) is 0 Å². The number of carboxylic acid groups (broad SMARTS) is 1. The molecular weight excluding hydrogens is 493 g/mol. The van der Waals surface area contributed by atoms with Gasteiger partial charge in [-0.25, -0.2) is 8.42 Å². The van der Waals surface area contributed by atoms with Gasteiger partial charge in [0.25, 0.3) is 0 Å². The van der Waals surface area contributed by atoms with E-state index in [1.54, 1.807) is 0 Å². The first-order valence-electron chi connectivity index (χ1n) is 9.75. The molecule has 0 saturated carbocycles. The van der Waals surface area contributed by atoms with Crippen molar-refractivity contribution in [2.24, 2.45) is 0 Å². The first-order valence-corrected chi connectivity index (χ1v) is 11.7. The van der Waals surface area contributed by atoms with Gasteiger partial charge in [0, 0.05) is 49.0 Å². The number of carbonyl (C=O) groups is 1. The Hall–Kier alpha value is -1.99. The molecule has 0 aromatic carbocycles. The lowest BCUT2D eigenvalue weighted by atomic mass is 9.99. The van der Waals surface area contributed by atoms with Crippen LogP contribution in [-0.4, -0.2) is 54.5 Å². The average Bonchev–Trinajstić information content (AvgIpc) is 2.73. The van der Waals surface area contributed by atoms with E-state index in [0.717, 1.165) is 11.5 Å². The molecule has 0 bridgehead atoms. The average molecular weight is 516 g/mol. The molecule has 6 nitrogen and oxygen atoms in total. The maximum Gasteiger partial charge on any atom is 0.453 e. The molecule has 184 valence electrons. The molecule has 0 atom stereocenters. The van der Waals surface area contributed by atoms with Crippen LogP contribution in [0.15, 0.2) is 35.9 Å². The molecule has 1 N–H and O–H groups in total. The van der Waals surface area contributed by atoms with Crippen LogP contribution in [-0.2, 0) is 25.8 Å². The minimum atomic E-state index is -5.59. The van der Waals surface area contributed by atoms with Crippen LogP contribution in [0, 0.1) is 0 Å². The van der Waals surface area contributed by atoms with Crippen LogP contribution in [0.2, 0.25) is 0 Å². The number of carboxylic acids is 1. The van der Waals surface area contributed by atoms with Crippen LogP contribution in [0.3, 0.4) is 0 Å². The van der Waals surface area contributed by atoms with E-state index in [2.05, 4.69) is 17.6 Å². The van der Waals surface area contributed by atoms with Gasteiger partial charge in [0.2, 0.25) is 0 Å². The van der Waals surface area contributed by atoms with E-state index in [1.165, 1.54) is 24.4 Å². The number of rotatable bonds is 9. The zero-order valence-corrected chi connectivity index (χ0v) is 18.9. The zero-order valence-electron chi connectivity index (χ0n) is 17.2. The van der Waals surface area contributed by atoms with E-state index < -0.39 is 45.5 Å². The summed E-state index contributed by atoms with van der Waals surface area (Å²) in [6.45, 7) is 0.0221. The monoisotopic (exact) mass is 515 g/mol. The number of hydrogen-bond donors (Lipinski definition) is 2. The van der Waals surface area contributed by atoms with E-state index in [-0.39, 0.29) is 37.4 Å².